The number of anilines is 1. The first-order chi connectivity index (χ1) is 8.66. The molecule has 100 valence electrons. The van der Waals surface area contributed by atoms with Crippen LogP contribution in [-0.2, 0) is 6.42 Å². The summed E-state index contributed by atoms with van der Waals surface area (Å²) in [7, 11) is 0. The fraction of sp³-hybridized carbons (Fsp3) is 0.571. The zero-order valence-corrected chi connectivity index (χ0v) is 11.7. The predicted octanol–water partition coefficient (Wildman–Crippen LogP) is 2.66. The van der Waals surface area contributed by atoms with Crippen molar-refractivity contribution in [2.24, 2.45) is 5.73 Å². The Bertz CT molecular complexity index is 387. The van der Waals surface area contributed by atoms with Crippen molar-refractivity contribution in [2.75, 3.05) is 29.5 Å². The number of halogens is 1. The van der Waals surface area contributed by atoms with Crippen molar-refractivity contribution in [1.82, 2.24) is 0 Å². The summed E-state index contributed by atoms with van der Waals surface area (Å²) in [5.41, 5.74) is 8.06. The molecule has 1 aromatic rings. The zero-order chi connectivity index (χ0) is 13.0. The topological polar surface area (TPSA) is 29.3 Å². The van der Waals surface area contributed by atoms with Crippen LogP contribution in [-0.4, -0.2) is 30.6 Å². The van der Waals surface area contributed by atoms with Gasteiger partial charge in [-0.25, -0.2) is 4.39 Å². The highest BCUT2D eigenvalue weighted by atomic mass is 32.2. The van der Waals surface area contributed by atoms with Gasteiger partial charge in [0.15, 0.2) is 0 Å². The molecule has 4 heteroatoms. The standard InChI is InChI=1S/C14H21FN2S/c1-11(16)9-12-10-13(15)3-4-14(12)17-5-2-7-18-8-6-17/h3-4,10-11H,2,5-9,16H2,1H3. The van der Waals surface area contributed by atoms with Crippen LogP contribution in [0.1, 0.15) is 18.9 Å². The molecular formula is C14H21FN2S. The van der Waals surface area contributed by atoms with Gasteiger partial charge in [0.05, 0.1) is 0 Å². The summed E-state index contributed by atoms with van der Waals surface area (Å²) in [5, 5.41) is 0. The van der Waals surface area contributed by atoms with Crippen LogP contribution in [0.5, 0.6) is 0 Å². The average Bonchev–Trinajstić information content (AvgIpc) is 2.57. The van der Waals surface area contributed by atoms with Gasteiger partial charge < -0.3 is 10.6 Å². The maximum Gasteiger partial charge on any atom is 0.123 e. The van der Waals surface area contributed by atoms with Gasteiger partial charge in [0.2, 0.25) is 0 Å². The van der Waals surface area contributed by atoms with Crippen LogP contribution in [0.3, 0.4) is 0 Å². The van der Waals surface area contributed by atoms with Crippen LogP contribution in [0.25, 0.3) is 0 Å². The molecule has 1 aliphatic rings. The molecule has 0 aromatic heterocycles. The van der Waals surface area contributed by atoms with Crippen LogP contribution in [0.2, 0.25) is 0 Å². The highest BCUT2D eigenvalue weighted by Gasteiger charge is 2.15. The molecule has 1 saturated heterocycles. The lowest BCUT2D eigenvalue weighted by molar-refractivity contribution is 0.622. The molecule has 18 heavy (non-hydrogen) atoms. The maximum absolute atomic E-state index is 13.4. The summed E-state index contributed by atoms with van der Waals surface area (Å²) in [6.45, 7) is 4.07. The van der Waals surface area contributed by atoms with Gasteiger partial charge in [-0.05, 0) is 49.3 Å². The Balaban J connectivity index is 2.23. The van der Waals surface area contributed by atoms with Crippen molar-refractivity contribution in [1.29, 1.82) is 0 Å². The molecule has 1 unspecified atom stereocenters. The van der Waals surface area contributed by atoms with E-state index in [1.165, 1.54) is 12.2 Å². The summed E-state index contributed by atoms with van der Waals surface area (Å²) < 4.78 is 13.4. The second-order valence-corrected chi connectivity index (χ2v) is 6.13. The minimum atomic E-state index is -0.168. The number of nitrogens with zero attached hydrogens (tertiary/aromatic N) is 1. The Morgan fingerprint density at radius 2 is 2.22 bits per heavy atom. The molecule has 2 nitrogen and oxygen atoms in total. The van der Waals surface area contributed by atoms with E-state index in [9.17, 15) is 4.39 Å². The van der Waals surface area contributed by atoms with E-state index in [-0.39, 0.29) is 11.9 Å². The predicted molar refractivity (Wildman–Crippen MR) is 77.9 cm³/mol. The molecule has 0 spiro atoms. The Labute approximate surface area is 113 Å². The second-order valence-electron chi connectivity index (χ2n) is 4.91. The van der Waals surface area contributed by atoms with E-state index in [0.29, 0.717) is 0 Å². The minimum Gasteiger partial charge on any atom is -0.370 e. The lowest BCUT2D eigenvalue weighted by Gasteiger charge is -2.26. The van der Waals surface area contributed by atoms with E-state index in [1.807, 2.05) is 24.8 Å². The first kappa shape index (κ1) is 13.7. The number of nitrogens with two attached hydrogens (primary N) is 1. The van der Waals surface area contributed by atoms with E-state index >= 15 is 0 Å². The molecule has 2 rings (SSSR count). The summed E-state index contributed by atoms with van der Waals surface area (Å²) in [5.74, 6) is 2.20. The molecule has 0 radical (unpaired) electrons. The van der Waals surface area contributed by atoms with Crippen molar-refractivity contribution < 1.29 is 4.39 Å². The third-order valence-electron chi connectivity index (χ3n) is 3.15. The smallest absolute Gasteiger partial charge is 0.123 e. The Hall–Kier alpha value is -0.740. The number of thioether (sulfide) groups is 1. The van der Waals surface area contributed by atoms with Gasteiger partial charge >= 0.3 is 0 Å². The summed E-state index contributed by atoms with van der Waals surface area (Å²) in [4.78, 5) is 2.37. The number of hydrogen-bond donors (Lipinski definition) is 1. The van der Waals surface area contributed by atoms with Crippen LogP contribution >= 0.6 is 11.8 Å². The first-order valence-corrected chi connectivity index (χ1v) is 7.69. The van der Waals surface area contributed by atoms with Gasteiger partial charge in [0, 0.05) is 30.6 Å². The van der Waals surface area contributed by atoms with E-state index in [0.717, 1.165) is 36.5 Å². The summed E-state index contributed by atoms with van der Waals surface area (Å²) in [6.07, 6.45) is 1.93. The number of rotatable bonds is 3. The quantitative estimate of drug-likeness (QED) is 0.914. The van der Waals surface area contributed by atoms with Gasteiger partial charge in [0.1, 0.15) is 5.82 Å². The molecule has 2 N–H and O–H groups in total. The third kappa shape index (κ3) is 3.62. The van der Waals surface area contributed by atoms with Crippen LogP contribution in [0.4, 0.5) is 10.1 Å². The molecule has 1 heterocycles. The van der Waals surface area contributed by atoms with E-state index in [2.05, 4.69) is 4.90 Å². The molecule has 0 saturated carbocycles. The second kappa shape index (κ2) is 6.43. The maximum atomic E-state index is 13.4. The van der Waals surface area contributed by atoms with Crippen molar-refractivity contribution in [3.63, 3.8) is 0 Å². The van der Waals surface area contributed by atoms with Gasteiger partial charge in [-0.1, -0.05) is 0 Å². The highest BCUT2D eigenvalue weighted by Crippen LogP contribution is 2.25. The highest BCUT2D eigenvalue weighted by molar-refractivity contribution is 7.99. The average molecular weight is 268 g/mol. The monoisotopic (exact) mass is 268 g/mol. The molecule has 0 bridgehead atoms. The van der Waals surface area contributed by atoms with Gasteiger partial charge in [-0.2, -0.15) is 11.8 Å². The van der Waals surface area contributed by atoms with Crippen LogP contribution < -0.4 is 10.6 Å². The van der Waals surface area contributed by atoms with Crippen molar-refractivity contribution in [3.8, 4) is 0 Å². The summed E-state index contributed by atoms with van der Waals surface area (Å²) in [6, 6.07) is 5.16. The molecule has 0 amide bonds. The van der Waals surface area contributed by atoms with Gasteiger partial charge in [-0.3, -0.25) is 0 Å². The van der Waals surface area contributed by atoms with Crippen molar-refractivity contribution in [3.05, 3.63) is 29.6 Å². The third-order valence-corrected chi connectivity index (χ3v) is 4.19. The summed E-state index contributed by atoms with van der Waals surface area (Å²) >= 11 is 2.00. The lowest BCUT2D eigenvalue weighted by atomic mass is 10.0. The van der Waals surface area contributed by atoms with E-state index in [1.54, 1.807) is 12.1 Å². The molecule has 1 aromatic carbocycles. The SMILES string of the molecule is CC(N)Cc1cc(F)ccc1N1CCCSCC1. The molecule has 0 aliphatic carbocycles. The van der Waals surface area contributed by atoms with E-state index < -0.39 is 0 Å². The fourth-order valence-corrected chi connectivity index (χ4v) is 3.25. The molecular weight excluding hydrogens is 247 g/mol. The van der Waals surface area contributed by atoms with Gasteiger partial charge in [0.25, 0.3) is 0 Å². The van der Waals surface area contributed by atoms with Crippen molar-refractivity contribution >= 4 is 17.4 Å². The first-order valence-electron chi connectivity index (χ1n) is 6.53. The zero-order valence-electron chi connectivity index (χ0n) is 10.9. The van der Waals surface area contributed by atoms with Crippen LogP contribution in [0, 0.1) is 5.82 Å². The Kier molecular flexibility index (Phi) is 4.89. The Morgan fingerprint density at radius 3 is 3.00 bits per heavy atom. The largest absolute Gasteiger partial charge is 0.370 e. The Morgan fingerprint density at radius 1 is 1.39 bits per heavy atom. The number of hydrogen-bond acceptors (Lipinski definition) is 3. The lowest BCUT2D eigenvalue weighted by Crippen LogP contribution is -2.28. The van der Waals surface area contributed by atoms with Crippen molar-refractivity contribution in [2.45, 2.75) is 25.8 Å². The normalized spacial score (nSPS) is 18.5. The van der Waals surface area contributed by atoms with Crippen LogP contribution in [0.15, 0.2) is 18.2 Å². The minimum absolute atomic E-state index is 0.0619. The molecule has 1 atom stereocenters. The molecule has 1 fully saturated rings. The molecule has 1 aliphatic heterocycles. The fourth-order valence-electron chi connectivity index (χ4n) is 2.36. The number of benzene rings is 1. The van der Waals surface area contributed by atoms with Gasteiger partial charge in [-0.15, -0.1) is 0 Å². The van der Waals surface area contributed by atoms with E-state index in [4.69, 9.17) is 5.73 Å².